The first-order chi connectivity index (χ1) is 7.36. The highest BCUT2D eigenvalue weighted by Gasteiger charge is 2.24. The monoisotopic (exact) mass is 299 g/mol. The van der Waals surface area contributed by atoms with Gasteiger partial charge in [0, 0.05) is 21.3 Å². The second-order valence-electron chi connectivity index (χ2n) is 3.62. The van der Waals surface area contributed by atoms with Crippen molar-refractivity contribution in [3.63, 3.8) is 0 Å². The van der Waals surface area contributed by atoms with Crippen molar-refractivity contribution in [2.45, 2.75) is 12.5 Å². The van der Waals surface area contributed by atoms with Gasteiger partial charge in [0.1, 0.15) is 0 Å². The Bertz CT molecular complexity index is 474. The summed E-state index contributed by atoms with van der Waals surface area (Å²) in [6.45, 7) is 1.08. The van der Waals surface area contributed by atoms with E-state index in [-0.39, 0.29) is 0 Å². The van der Waals surface area contributed by atoms with Crippen LogP contribution in [0.4, 0.5) is 0 Å². The Hall–Kier alpha value is -0.160. The van der Waals surface area contributed by atoms with Gasteiger partial charge in [-0.2, -0.15) is 11.3 Å². The lowest BCUT2D eigenvalue weighted by Gasteiger charge is -2.23. The summed E-state index contributed by atoms with van der Waals surface area (Å²) in [4.78, 5) is 1.49. The van der Waals surface area contributed by atoms with Gasteiger partial charge in [0.2, 0.25) is 0 Å². The molecule has 78 valence electrons. The molecule has 1 unspecified atom stereocenters. The van der Waals surface area contributed by atoms with Crippen molar-refractivity contribution >= 4 is 38.6 Å². The van der Waals surface area contributed by atoms with E-state index in [1.807, 2.05) is 11.3 Å². The van der Waals surface area contributed by atoms with Gasteiger partial charge in [-0.3, -0.25) is 0 Å². The summed E-state index contributed by atoms with van der Waals surface area (Å²) in [5.74, 6) is 0. The molecule has 3 rings (SSSR count). The van der Waals surface area contributed by atoms with Crippen molar-refractivity contribution in [3.05, 3.63) is 42.7 Å². The molecule has 15 heavy (non-hydrogen) atoms. The minimum Gasteiger partial charge on any atom is -0.305 e. The normalized spacial score (nSPS) is 20.2. The van der Waals surface area contributed by atoms with Crippen LogP contribution in [0.15, 0.2) is 26.7 Å². The fourth-order valence-electron chi connectivity index (χ4n) is 2.00. The number of halogens is 1. The van der Waals surface area contributed by atoms with Gasteiger partial charge in [0.25, 0.3) is 0 Å². The molecular formula is C11H10BrNS2. The van der Waals surface area contributed by atoms with Crippen LogP contribution in [0.5, 0.6) is 0 Å². The average Bonchev–Trinajstić information content (AvgIpc) is 2.85. The van der Waals surface area contributed by atoms with Gasteiger partial charge in [0.15, 0.2) is 0 Å². The predicted octanol–water partition coefficient (Wildman–Crippen LogP) is 3.81. The van der Waals surface area contributed by atoms with Crippen LogP contribution in [0, 0.1) is 0 Å². The number of fused-ring (bicyclic) bond motifs is 1. The second kappa shape index (κ2) is 4.01. The molecule has 3 heterocycles. The Kier molecular flexibility index (Phi) is 2.68. The summed E-state index contributed by atoms with van der Waals surface area (Å²) in [7, 11) is 0. The number of hydrogen-bond acceptors (Lipinski definition) is 3. The van der Waals surface area contributed by atoms with Gasteiger partial charge in [-0.15, -0.1) is 11.3 Å². The molecule has 0 spiro atoms. The third kappa shape index (κ3) is 1.69. The highest BCUT2D eigenvalue weighted by molar-refractivity contribution is 9.10. The zero-order chi connectivity index (χ0) is 10.3. The standard InChI is InChI=1S/C11H10BrNS2/c12-9-6-14-5-8(9)10-11-7(1-3-13-10)2-4-15-11/h2,4-6,10,13H,1,3H2. The molecule has 0 fully saturated rings. The van der Waals surface area contributed by atoms with Crippen molar-refractivity contribution in [3.8, 4) is 0 Å². The lowest BCUT2D eigenvalue weighted by atomic mass is 10.00. The molecule has 0 bridgehead atoms. The first kappa shape index (κ1) is 10.0. The quantitative estimate of drug-likeness (QED) is 0.844. The lowest BCUT2D eigenvalue weighted by Crippen LogP contribution is -2.29. The van der Waals surface area contributed by atoms with E-state index in [1.54, 1.807) is 11.3 Å². The van der Waals surface area contributed by atoms with Gasteiger partial charge < -0.3 is 5.32 Å². The van der Waals surface area contributed by atoms with E-state index in [1.165, 1.54) is 20.5 Å². The van der Waals surface area contributed by atoms with Crippen molar-refractivity contribution in [1.29, 1.82) is 0 Å². The molecule has 2 aromatic rings. The van der Waals surface area contributed by atoms with Crippen molar-refractivity contribution in [2.24, 2.45) is 0 Å². The fraction of sp³-hybridized carbons (Fsp3) is 0.273. The molecular weight excluding hydrogens is 290 g/mol. The summed E-state index contributed by atoms with van der Waals surface area (Å²) in [6.07, 6.45) is 1.16. The number of nitrogens with one attached hydrogen (secondary N) is 1. The van der Waals surface area contributed by atoms with Crippen LogP contribution < -0.4 is 5.32 Å². The highest BCUT2D eigenvalue weighted by atomic mass is 79.9. The highest BCUT2D eigenvalue weighted by Crippen LogP contribution is 2.37. The molecule has 1 atom stereocenters. The Morgan fingerprint density at radius 1 is 1.40 bits per heavy atom. The molecule has 1 nitrogen and oxygen atoms in total. The van der Waals surface area contributed by atoms with Crippen LogP contribution in [-0.4, -0.2) is 6.54 Å². The molecule has 1 N–H and O–H groups in total. The summed E-state index contributed by atoms with van der Waals surface area (Å²) in [5, 5.41) is 10.2. The minimum atomic E-state index is 0.398. The zero-order valence-corrected chi connectivity index (χ0v) is 11.2. The van der Waals surface area contributed by atoms with Crippen LogP contribution in [-0.2, 0) is 6.42 Å². The Balaban J connectivity index is 2.07. The van der Waals surface area contributed by atoms with E-state index in [0.717, 1.165) is 13.0 Å². The maximum atomic E-state index is 3.62. The van der Waals surface area contributed by atoms with E-state index in [4.69, 9.17) is 0 Å². The van der Waals surface area contributed by atoms with Gasteiger partial charge in [-0.1, -0.05) is 0 Å². The average molecular weight is 300 g/mol. The molecule has 4 heteroatoms. The maximum absolute atomic E-state index is 3.62. The predicted molar refractivity (Wildman–Crippen MR) is 69.9 cm³/mol. The first-order valence-corrected chi connectivity index (χ1v) is 7.49. The summed E-state index contributed by atoms with van der Waals surface area (Å²) >= 11 is 7.23. The smallest absolute Gasteiger partial charge is 0.0693 e. The van der Waals surface area contributed by atoms with Crippen LogP contribution in [0.25, 0.3) is 0 Å². The number of thiophene rings is 2. The molecule has 0 radical (unpaired) electrons. The Labute approximate surface area is 105 Å². The molecule has 0 saturated carbocycles. The first-order valence-electron chi connectivity index (χ1n) is 4.87. The van der Waals surface area contributed by atoms with E-state index in [9.17, 15) is 0 Å². The molecule has 0 saturated heterocycles. The largest absolute Gasteiger partial charge is 0.305 e. The third-order valence-electron chi connectivity index (χ3n) is 2.74. The summed E-state index contributed by atoms with van der Waals surface area (Å²) in [6, 6.07) is 2.66. The van der Waals surface area contributed by atoms with E-state index in [0.29, 0.717) is 6.04 Å². The van der Waals surface area contributed by atoms with Crippen LogP contribution in [0.1, 0.15) is 22.0 Å². The van der Waals surface area contributed by atoms with Crippen LogP contribution in [0.3, 0.4) is 0 Å². The number of hydrogen-bond donors (Lipinski definition) is 1. The van der Waals surface area contributed by atoms with E-state index >= 15 is 0 Å². The van der Waals surface area contributed by atoms with E-state index in [2.05, 4.69) is 43.5 Å². The van der Waals surface area contributed by atoms with Crippen molar-refractivity contribution in [1.82, 2.24) is 5.32 Å². The van der Waals surface area contributed by atoms with Crippen molar-refractivity contribution < 1.29 is 0 Å². The fourth-order valence-corrected chi connectivity index (χ4v) is 4.60. The van der Waals surface area contributed by atoms with Gasteiger partial charge in [-0.25, -0.2) is 0 Å². The number of rotatable bonds is 1. The maximum Gasteiger partial charge on any atom is 0.0693 e. The van der Waals surface area contributed by atoms with Crippen LogP contribution in [0.2, 0.25) is 0 Å². The van der Waals surface area contributed by atoms with E-state index < -0.39 is 0 Å². The van der Waals surface area contributed by atoms with Gasteiger partial charge in [-0.05, 0) is 50.3 Å². The Morgan fingerprint density at radius 3 is 3.13 bits per heavy atom. The minimum absolute atomic E-state index is 0.398. The molecule has 0 amide bonds. The second-order valence-corrected chi connectivity index (χ2v) is 6.17. The van der Waals surface area contributed by atoms with Gasteiger partial charge >= 0.3 is 0 Å². The topological polar surface area (TPSA) is 12.0 Å². The Morgan fingerprint density at radius 2 is 2.33 bits per heavy atom. The molecule has 1 aliphatic rings. The van der Waals surface area contributed by atoms with Crippen molar-refractivity contribution in [2.75, 3.05) is 6.54 Å². The third-order valence-corrected chi connectivity index (χ3v) is 5.51. The van der Waals surface area contributed by atoms with Crippen LogP contribution >= 0.6 is 38.6 Å². The molecule has 0 aliphatic carbocycles. The molecule has 2 aromatic heterocycles. The summed E-state index contributed by atoms with van der Waals surface area (Å²) < 4.78 is 1.23. The SMILES string of the molecule is Brc1cscc1C1NCCc2ccsc21. The van der Waals surface area contributed by atoms with Gasteiger partial charge in [0.05, 0.1) is 6.04 Å². The molecule has 1 aliphatic heterocycles. The molecule has 0 aromatic carbocycles. The zero-order valence-electron chi connectivity index (χ0n) is 8.00. The summed E-state index contributed by atoms with van der Waals surface area (Å²) in [5.41, 5.74) is 2.89. The lowest BCUT2D eigenvalue weighted by molar-refractivity contribution is 0.578.